The summed E-state index contributed by atoms with van der Waals surface area (Å²) in [5, 5.41) is 0. The van der Waals surface area contributed by atoms with Gasteiger partial charge < -0.3 is 4.74 Å². The molecular formula is C10H9NO3. The molecule has 72 valence electrons. The quantitative estimate of drug-likeness (QED) is 0.455. The van der Waals surface area contributed by atoms with E-state index >= 15 is 0 Å². The lowest BCUT2D eigenvalue weighted by molar-refractivity contribution is -0.137. The second-order valence-electron chi connectivity index (χ2n) is 3.31. The van der Waals surface area contributed by atoms with Crippen molar-refractivity contribution in [3.8, 4) is 5.75 Å². The number of aromatic nitrogens is 1. The van der Waals surface area contributed by atoms with Gasteiger partial charge in [0.1, 0.15) is 11.6 Å². The predicted octanol–water partition coefficient (Wildman–Crippen LogP) is 1.13. The van der Waals surface area contributed by atoms with Crippen molar-refractivity contribution in [3.05, 3.63) is 23.5 Å². The number of Topliss-reactive ketones (excluding diaryl/α,β-unsaturated/α-hetero) is 1. The van der Waals surface area contributed by atoms with Crippen molar-refractivity contribution in [2.75, 3.05) is 0 Å². The minimum atomic E-state index is -0.739. The first-order valence-corrected chi connectivity index (χ1v) is 4.33. The van der Waals surface area contributed by atoms with Crippen molar-refractivity contribution in [2.45, 2.75) is 13.8 Å². The van der Waals surface area contributed by atoms with E-state index in [0.717, 1.165) is 5.69 Å². The largest absolute Gasteiger partial charge is 0.424 e. The highest BCUT2D eigenvalue weighted by atomic mass is 16.5. The number of fused-ring (bicyclic) bond motifs is 1. The summed E-state index contributed by atoms with van der Waals surface area (Å²) in [4.78, 5) is 26.8. The number of esters is 1. The molecule has 14 heavy (non-hydrogen) atoms. The minimum Gasteiger partial charge on any atom is -0.424 e. The monoisotopic (exact) mass is 191 g/mol. The molecule has 0 saturated heterocycles. The summed E-state index contributed by atoms with van der Waals surface area (Å²) in [7, 11) is 0. The summed E-state index contributed by atoms with van der Waals surface area (Å²) in [5.74, 6) is -1.24. The number of carbonyl (C=O) groups is 2. The van der Waals surface area contributed by atoms with Crippen LogP contribution in [0.2, 0.25) is 0 Å². The number of nitrogens with zero attached hydrogens (tertiary/aromatic N) is 1. The van der Waals surface area contributed by atoms with Crippen molar-refractivity contribution in [1.82, 2.24) is 4.98 Å². The summed E-state index contributed by atoms with van der Waals surface area (Å²) in [6.07, 6.45) is 0. The van der Waals surface area contributed by atoms with Gasteiger partial charge in [-0.25, -0.2) is 4.98 Å². The zero-order valence-electron chi connectivity index (χ0n) is 7.90. The zero-order valence-corrected chi connectivity index (χ0v) is 7.90. The summed E-state index contributed by atoms with van der Waals surface area (Å²) in [6.45, 7) is 3.31. The van der Waals surface area contributed by atoms with Crippen LogP contribution in [0, 0.1) is 12.8 Å². The third kappa shape index (κ3) is 1.19. The van der Waals surface area contributed by atoms with Crippen LogP contribution in [0.3, 0.4) is 0 Å². The summed E-state index contributed by atoms with van der Waals surface area (Å²) >= 11 is 0. The van der Waals surface area contributed by atoms with E-state index in [4.69, 9.17) is 4.74 Å². The Morgan fingerprint density at radius 2 is 2.07 bits per heavy atom. The lowest BCUT2D eigenvalue weighted by Gasteiger charge is -2.18. The number of rotatable bonds is 0. The van der Waals surface area contributed by atoms with Crippen LogP contribution in [0.1, 0.15) is 23.1 Å². The van der Waals surface area contributed by atoms with Crippen molar-refractivity contribution in [3.63, 3.8) is 0 Å². The van der Waals surface area contributed by atoms with Crippen LogP contribution >= 0.6 is 0 Å². The van der Waals surface area contributed by atoms with Crippen LogP contribution in [0.4, 0.5) is 0 Å². The topological polar surface area (TPSA) is 56.3 Å². The maximum absolute atomic E-state index is 11.6. The molecule has 0 spiro atoms. The molecule has 2 heterocycles. The third-order valence-corrected chi connectivity index (χ3v) is 2.19. The molecule has 1 aliphatic rings. The fourth-order valence-electron chi connectivity index (χ4n) is 1.31. The number of pyridine rings is 1. The van der Waals surface area contributed by atoms with E-state index in [1.165, 1.54) is 6.92 Å². The molecule has 4 nitrogen and oxygen atoms in total. The molecule has 0 N–H and O–H groups in total. The highest BCUT2D eigenvalue weighted by Gasteiger charge is 2.33. The SMILES string of the molecule is Cc1ccc2c(n1)C(=O)C(C)C(=O)O2. The van der Waals surface area contributed by atoms with E-state index in [1.54, 1.807) is 19.1 Å². The first kappa shape index (κ1) is 8.87. The van der Waals surface area contributed by atoms with Crippen LogP contribution in [0.25, 0.3) is 0 Å². The van der Waals surface area contributed by atoms with Gasteiger partial charge in [0, 0.05) is 5.69 Å². The molecule has 0 aliphatic carbocycles. The van der Waals surface area contributed by atoms with Gasteiger partial charge in [-0.2, -0.15) is 0 Å². The molecule has 0 aromatic carbocycles. The maximum atomic E-state index is 11.6. The lowest BCUT2D eigenvalue weighted by Crippen LogP contribution is -2.32. The van der Waals surface area contributed by atoms with Gasteiger partial charge in [0.25, 0.3) is 0 Å². The fourth-order valence-corrected chi connectivity index (χ4v) is 1.31. The molecule has 2 rings (SSSR count). The van der Waals surface area contributed by atoms with Crippen LogP contribution in [-0.4, -0.2) is 16.7 Å². The third-order valence-electron chi connectivity index (χ3n) is 2.19. The van der Waals surface area contributed by atoms with Gasteiger partial charge in [0.15, 0.2) is 11.5 Å². The number of ether oxygens (including phenoxy) is 1. The molecule has 0 amide bonds. The molecule has 4 heteroatoms. The highest BCUT2D eigenvalue weighted by molar-refractivity contribution is 6.11. The number of hydrogen-bond donors (Lipinski definition) is 0. The van der Waals surface area contributed by atoms with E-state index in [9.17, 15) is 9.59 Å². The van der Waals surface area contributed by atoms with Crippen molar-refractivity contribution in [1.29, 1.82) is 0 Å². The highest BCUT2D eigenvalue weighted by Crippen LogP contribution is 2.26. The molecule has 0 fully saturated rings. The summed E-state index contributed by atoms with van der Waals surface area (Å²) < 4.78 is 4.95. The minimum absolute atomic E-state index is 0.261. The lowest BCUT2D eigenvalue weighted by atomic mass is 10.0. The number of aryl methyl sites for hydroxylation is 1. The molecule has 1 atom stereocenters. The van der Waals surface area contributed by atoms with Gasteiger partial charge in [-0.15, -0.1) is 0 Å². The van der Waals surface area contributed by atoms with E-state index in [0.29, 0.717) is 0 Å². The Balaban J connectivity index is 2.57. The van der Waals surface area contributed by atoms with Gasteiger partial charge in [-0.05, 0) is 26.0 Å². The molecule has 0 bridgehead atoms. The van der Waals surface area contributed by atoms with Crippen molar-refractivity contribution < 1.29 is 14.3 Å². The summed E-state index contributed by atoms with van der Waals surface area (Å²) in [6, 6.07) is 3.30. The molecular weight excluding hydrogens is 182 g/mol. The molecule has 1 unspecified atom stereocenters. The van der Waals surface area contributed by atoms with E-state index in [2.05, 4.69) is 4.98 Å². The van der Waals surface area contributed by atoms with Crippen LogP contribution in [-0.2, 0) is 4.79 Å². The molecule has 1 aliphatic heterocycles. The van der Waals surface area contributed by atoms with Gasteiger partial charge in [-0.3, -0.25) is 9.59 Å². The standard InChI is InChI=1S/C10H9NO3/c1-5-3-4-7-8(11-5)9(12)6(2)10(13)14-7/h3-4,6H,1-2H3. The smallest absolute Gasteiger partial charge is 0.322 e. The fraction of sp³-hybridized carbons (Fsp3) is 0.300. The van der Waals surface area contributed by atoms with E-state index in [1.807, 2.05) is 0 Å². The second-order valence-corrected chi connectivity index (χ2v) is 3.31. The van der Waals surface area contributed by atoms with Gasteiger partial charge in [0.05, 0.1) is 0 Å². The Labute approximate surface area is 80.9 Å². The van der Waals surface area contributed by atoms with Gasteiger partial charge >= 0.3 is 5.97 Å². The first-order chi connectivity index (χ1) is 6.59. The summed E-state index contributed by atoms with van der Waals surface area (Å²) in [5.41, 5.74) is 0.999. The Morgan fingerprint density at radius 3 is 2.79 bits per heavy atom. The second kappa shape index (κ2) is 2.90. The Morgan fingerprint density at radius 1 is 1.36 bits per heavy atom. The molecule has 1 aromatic rings. The maximum Gasteiger partial charge on any atom is 0.322 e. The van der Waals surface area contributed by atoms with E-state index in [-0.39, 0.29) is 17.2 Å². The van der Waals surface area contributed by atoms with Gasteiger partial charge in [0.2, 0.25) is 0 Å². The predicted molar refractivity (Wildman–Crippen MR) is 48.1 cm³/mol. The van der Waals surface area contributed by atoms with Crippen LogP contribution < -0.4 is 4.74 Å². The average molecular weight is 191 g/mol. The Kier molecular flexibility index (Phi) is 1.84. The molecule has 1 aromatic heterocycles. The average Bonchev–Trinajstić information content (AvgIpc) is 2.16. The van der Waals surface area contributed by atoms with Crippen LogP contribution in [0.5, 0.6) is 5.75 Å². The molecule has 0 saturated carbocycles. The number of hydrogen-bond acceptors (Lipinski definition) is 4. The van der Waals surface area contributed by atoms with Crippen molar-refractivity contribution >= 4 is 11.8 Å². The zero-order chi connectivity index (χ0) is 10.3. The normalized spacial score (nSPS) is 20.3. The number of carbonyl (C=O) groups excluding carboxylic acids is 2. The van der Waals surface area contributed by atoms with Crippen molar-refractivity contribution in [2.24, 2.45) is 5.92 Å². The van der Waals surface area contributed by atoms with E-state index < -0.39 is 11.9 Å². The Hall–Kier alpha value is -1.71. The number of ketones is 1. The molecule has 0 radical (unpaired) electrons. The Bertz CT molecular complexity index is 425. The van der Waals surface area contributed by atoms with Crippen LogP contribution in [0.15, 0.2) is 12.1 Å². The first-order valence-electron chi connectivity index (χ1n) is 4.33. The van der Waals surface area contributed by atoms with Gasteiger partial charge in [-0.1, -0.05) is 0 Å².